The Balaban J connectivity index is 1.32. The second kappa shape index (κ2) is 6.11. The van der Waals surface area contributed by atoms with Crippen LogP contribution in [-0.2, 0) is 16.0 Å². The first kappa shape index (κ1) is 14.9. The molecule has 1 heterocycles. The zero-order valence-electron chi connectivity index (χ0n) is 13.4. The molecule has 1 aliphatic heterocycles. The second-order valence-electron chi connectivity index (χ2n) is 6.50. The third kappa shape index (κ3) is 2.80. The minimum absolute atomic E-state index is 0.00562. The van der Waals surface area contributed by atoms with E-state index < -0.39 is 0 Å². The van der Waals surface area contributed by atoms with Gasteiger partial charge in [-0.2, -0.15) is 0 Å². The summed E-state index contributed by atoms with van der Waals surface area (Å²) in [4.78, 5) is 26.5. The number of carbonyl (C=O) groups is 2. The van der Waals surface area contributed by atoms with E-state index in [-0.39, 0.29) is 24.3 Å². The van der Waals surface area contributed by atoms with Gasteiger partial charge in [0.2, 0.25) is 11.8 Å². The van der Waals surface area contributed by atoms with Crippen molar-refractivity contribution in [1.82, 2.24) is 5.32 Å². The monoisotopic (exact) mass is 320 g/mol. The van der Waals surface area contributed by atoms with Crippen LogP contribution >= 0.6 is 0 Å². The van der Waals surface area contributed by atoms with E-state index in [1.54, 1.807) is 4.90 Å². The summed E-state index contributed by atoms with van der Waals surface area (Å²) in [6.45, 7) is 0.773. The number of fused-ring (bicyclic) bond motifs is 1. The van der Waals surface area contributed by atoms with Gasteiger partial charge >= 0.3 is 0 Å². The van der Waals surface area contributed by atoms with Crippen LogP contribution in [0.1, 0.15) is 23.5 Å². The highest BCUT2D eigenvalue weighted by Gasteiger charge is 2.43. The number of hydrogen-bond acceptors (Lipinski definition) is 2. The first-order chi connectivity index (χ1) is 11.7. The Kier molecular flexibility index (Phi) is 3.81. The fourth-order valence-electron chi connectivity index (χ4n) is 3.54. The molecule has 1 N–H and O–H groups in total. The van der Waals surface area contributed by atoms with Crippen molar-refractivity contribution < 1.29 is 9.59 Å². The number of hydrogen-bond donors (Lipinski definition) is 1. The molecule has 122 valence electrons. The first-order valence-corrected chi connectivity index (χ1v) is 8.45. The van der Waals surface area contributed by atoms with Crippen LogP contribution in [0.5, 0.6) is 0 Å². The van der Waals surface area contributed by atoms with E-state index in [0.717, 1.165) is 18.5 Å². The molecule has 4 rings (SSSR count). The molecule has 24 heavy (non-hydrogen) atoms. The van der Waals surface area contributed by atoms with Crippen molar-refractivity contribution in [1.29, 1.82) is 0 Å². The number of rotatable bonds is 4. The molecular formula is C20H20N2O2. The SMILES string of the molecule is O=C(NCC(=O)N1CCc2ccccc21)C1CC1c1ccccc1. The number of anilines is 1. The molecule has 4 nitrogen and oxygen atoms in total. The largest absolute Gasteiger partial charge is 0.347 e. The maximum atomic E-state index is 12.4. The number of carbonyl (C=O) groups excluding carboxylic acids is 2. The Labute approximate surface area is 141 Å². The van der Waals surface area contributed by atoms with Gasteiger partial charge in [-0.25, -0.2) is 0 Å². The van der Waals surface area contributed by atoms with Gasteiger partial charge in [-0.05, 0) is 36.0 Å². The molecule has 2 aromatic carbocycles. The molecule has 0 aromatic heterocycles. The molecule has 1 aliphatic carbocycles. The van der Waals surface area contributed by atoms with Gasteiger partial charge in [0.25, 0.3) is 0 Å². The molecule has 2 amide bonds. The lowest BCUT2D eigenvalue weighted by molar-refractivity contribution is -0.125. The molecule has 0 spiro atoms. The molecule has 1 fully saturated rings. The van der Waals surface area contributed by atoms with Gasteiger partial charge in [0.1, 0.15) is 0 Å². The number of nitrogens with zero attached hydrogens (tertiary/aromatic N) is 1. The topological polar surface area (TPSA) is 49.4 Å². The molecule has 1 saturated carbocycles. The molecule has 2 aromatic rings. The van der Waals surface area contributed by atoms with Crippen LogP contribution in [0.25, 0.3) is 0 Å². The lowest BCUT2D eigenvalue weighted by atomic mass is 10.1. The Morgan fingerprint density at radius 3 is 2.62 bits per heavy atom. The maximum Gasteiger partial charge on any atom is 0.246 e. The van der Waals surface area contributed by atoms with Crippen LogP contribution in [0.3, 0.4) is 0 Å². The highest BCUT2D eigenvalue weighted by atomic mass is 16.2. The molecule has 0 bridgehead atoms. The Morgan fingerprint density at radius 2 is 1.79 bits per heavy atom. The van der Waals surface area contributed by atoms with Crippen LogP contribution in [-0.4, -0.2) is 24.9 Å². The summed E-state index contributed by atoms with van der Waals surface area (Å²) in [7, 11) is 0. The van der Waals surface area contributed by atoms with Crippen molar-refractivity contribution >= 4 is 17.5 Å². The third-order valence-electron chi connectivity index (χ3n) is 4.96. The fourth-order valence-corrected chi connectivity index (χ4v) is 3.54. The molecule has 2 unspecified atom stereocenters. The van der Waals surface area contributed by atoms with Crippen molar-refractivity contribution in [3.8, 4) is 0 Å². The Bertz CT molecular complexity index is 772. The molecule has 2 aliphatic rings. The molecule has 2 atom stereocenters. The van der Waals surface area contributed by atoms with Crippen molar-refractivity contribution in [3.63, 3.8) is 0 Å². The predicted octanol–water partition coefficient (Wildman–Crippen LogP) is 2.50. The predicted molar refractivity (Wildman–Crippen MR) is 92.8 cm³/mol. The number of para-hydroxylation sites is 1. The molecule has 0 saturated heterocycles. The van der Waals surface area contributed by atoms with E-state index in [1.807, 2.05) is 36.4 Å². The Morgan fingerprint density at radius 1 is 1.04 bits per heavy atom. The van der Waals surface area contributed by atoms with Gasteiger partial charge < -0.3 is 10.2 Å². The van der Waals surface area contributed by atoms with Crippen LogP contribution in [0, 0.1) is 5.92 Å². The van der Waals surface area contributed by atoms with Crippen molar-refractivity contribution in [2.24, 2.45) is 5.92 Å². The highest BCUT2D eigenvalue weighted by molar-refractivity contribution is 5.98. The summed E-state index contributed by atoms with van der Waals surface area (Å²) in [6, 6.07) is 18.0. The highest BCUT2D eigenvalue weighted by Crippen LogP contribution is 2.47. The van der Waals surface area contributed by atoms with Crippen LogP contribution < -0.4 is 10.2 Å². The smallest absolute Gasteiger partial charge is 0.246 e. The summed E-state index contributed by atoms with van der Waals surface area (Å²) >= 11 is 0. The average Bonchev–Trinajstić information content (AvgIpc) is 3.32. The number of amides is 2. The van der Waals surface area contributed by atoms with E-state index in [0.29, 0.717) is 12.5 Å². The maximum absolute atomic E-state index is 12.4. The van der Waals surface area contributed by atoms with Gasteiger partial charge in [-0.3, -0.25) is 9.59 Å². The van der Waals surface area contributed by atoms with Crippen molar-refractivity contribution in [3.05, 3.63) is 65.7 Å². The summed E-state index contributed by atoms with van der Waals surface area (Å²) < 4.78 is 0. The summed E-state index contributed by atoms with van der Waals surface area (Å²) in [5.41, 5.74) is 3.38. The summed E-state index contributed by atoms with van der Waals surface area (Å²) in [5, 5.41) is 2.82. The first-order valence-electron chi connectivity index (χ1n) is 8.45. The van der Waals surface area contributed by atoms with Gasteiger partial charge in [0.05, 0.1) is 6.54 Å². The van der Waals surface area contributed by atoms with Gasteiger partial charge in [0, 0.05) is 18.2 Å². The van der Waals surface area contributed by atoms with E-state index in [9.17, 15) is 9.59 Å². The van der Waals surface area contributed by atoms with Crippen LogP contribution in [0.15, 0.2) is 54.6 Å². The minimum atomic E-state index is -0.0368. The van der Waals surface area contributed by atoms with E-state index in [2.05, 4.69) is 23.5 Å². The fraction of sp³-hybridized carbons (Fsp3) is 0.300. The zero-order chi connectivity index (χ0) is 16.5. The third-order valence-corrected chi connectivity index (χ3v) is 4.96. The van der Waals surface area contributed by atoms with E-state index in [4.69, 9.17) is 0 Å². The van der Waals surface area contributed by atoms with Gasteiger partial charge in [-0.15, -0.1) is 0 Å². The summed E-state index contributed by atoms with van der Waals surface area (Å²) in [5.74, 6) is 0.259. The molecular weight excluding hydrogens is 300 g/mol. The standard InChI is InChI=1S/C20H20N2O2/c23-19(22-11-10-15-8-4-5-9-18(15)22)13-21-20(24)17-12-16(17)14-6-2-1-3-7-14/h1-9,16-17H,10-13H2,(H,21,24). The minimum Gasteiger partial charge on any atom is -0.347 e. The lowest BCUT2D eigenvalue weighted by Gasteiger charge is -2.17. The van der Waals surface area contributed by atoms with Crippen LogP contribution in [0.4, 0.5) is 5.69 Å². The quantitative estimate of drug-likeness (QED) is 0.941. The van der Waals surface area contributed by atoms with Crippen LogP contribution in [0.2, 0.25) is 0 Å². The zero-order valence-corrected chi connectivity index (χ0v) is 13.4. The molecule has 4 heteroatoms. The summed E-state index contributed by atoms with van der Waals surface area (Å²) in [6.07, 6.45) is 1.76. The molecule has 0 radical (unpaired) electrons. The number of nitrogens with one attached hydrogen (secondary N) is 1. The van der Waals surface area contributed by atoms with E-state index >= 15 is 0 Å². The van der Waals surface area contributed by atoms with Gasteiger partial charge in [-0.1, -0.05) is 48.5 Å². The van der Waals surface area contributed by atoms with E-state index in [1.165, 1.54) is 11.1 Å². The normalized spacial score (nSPS) is 21.2. The van der Waals surface area contributed by atoms with Crippen molar-refractivity contribution in [2.45, 2.75) is 18.8 Å². The van der Waals surface area contributed by atoms with Crippen molar-refractivity contribution in [2.75, 3.05) is 18.0 Å². The average molecular weight is 320 g/mol. The lowest BCUT2D eigenvalue weighted by Crippen LogP contribution is -2.40. The Hall–Kier alpha value is -2.62. The van der Waals surface area contributed by atoms with Gasteiger partial charge in [0.15, 0.2) is 0 Å². The number of benzene rings is 2. The second-order valence-corrected chi connectivity index (χ2v) is 6.50.